The first-order valence-corrected chi connectivity index (χ1v) is 9.57. The highest BCUT2D eigenvalue weighted by Crippen LogP contribution is 2.36. The number of guanidine groups is 1. The molecular weight excluding hydrogens is 350 g/mol. The van der Waals surface area contributed by atoms with Crippen LogP contribution < -0.4 is 10.6 Å². The van der Waals surface area contributed by atoms with Crippen molar-refractivity contribution in [3.05, 3.63) is 66.2 Å². The number of nitriles is 1. The summed E-state index contributed by atoms with van der Waals surface area (Å²) in [5.41, 5.74) is 1.46. The van der Waals surface area contributed by atoms with Crippen LogP contribution in [0.4, 0.5) is 5.69 Å². The van der Waals surface area contributed by atoms with Crippen LogP contribution >= 0.6 is 0 Å². The van der Waals surface area contributed by atoms with Crippen molar-refractivity contribution in [1.82, 2.24) is 10.2 Å². The second-order valence-corrected chi connectivity index (χ2v) is 7.37. The third kappa shape index (κ3) is 3.75. The molecule has 2 aliphatic rings. The van der Waals surface area contributed by atoms with E-state index < -0.39 is 11.5 Å². The van der Waals surface area contributed by atoms with Gasteiger partial charge in [0.1, 0.15) is 0 Å². The highest BCUT2D eigenvalue weighted by Gasteiger charge is 2.48. The first kappa shape index (κ1) is 18.2. The molecule has 0 radical (unpaired) electrons. The molecule has 0 aromatic heterocycles. The molecule has 1 saturated heterocycles. The van der Waals surface area contributed by atoms with Gasteiger partial charge in [0.05, 0.1) is 11.6 Å². The van der Waals surface area contributed by atoms with Crippen LogP contribution in [0.2, 0.25) is 0 Å². The molecular formula is C22H23N5O. The van der Waals surface area contributed by atoms with Crippen molar-refractivity contribution < 1.29 is 4.79 Å². The number of nitrogens with zero attached hydrogens (tertiary/aromatic N) is 3. The Morgan fingerprint density at radius 2 is 1.75 bits per heavy atom. The van der Waals surface area contributed by atoms with E-state index in [1.54, 1.807) is 0 Å². The summed E-state index contributed by atoms with van der Waals surface area (Å²) in [4.78, 5) is 19.8. The topological polar surface area (TPSA) is 80.5 Å². The van der Waals surface area contributed by atoms with E-state index in [4.69, 9.17) is 4.99 Å². The number of rotatable bonds is 3. The highest BCUT2D eigenvalue weighted by atomic mass is 16.2. The number of likely N-dealkylation sites (tertiary alicyclic amines) is 1. The molecule has 28 heavy (non-hydrogen) atoms. The summed E-state index contributed by atoms with van der Waals surface area (Å²) in [7, 11) is 0. The Morgan fingerprint density at radius 1 is 1.11 bits per heavy atom. The lowest BCUT2D eigenvalue weighted by Crippen LogP contribution is -2.58. The Labute approximate surface area is 164 Å². The van der Waals surface area contributed by atoms with E-state index >= 15 is 0 Å². The van der Waals surface area contributed by atoms with Gasteiger partial charge in [-0.25, -0.2) is 4.99 Å². The lowest BCUT2D eigenvalue weighted by molar-refractivity contribution is -0.125. The summed E-state index contributed by atoms with van der Waals surface area (Å²) in [6.07, 6.45) is 1.37. The molecule has 0 saturated carbocycles. The van der Waals surface area contributed by atoms with Gasteiger partial charge < -0.3 is 5.32 Å². The fourth-order valence-corrected chi connectivity index (χ4v) is 3.98. The molecule has 2 N–H and O–H groups in total. The minimum absolute atomic E-state index is 0.271. The lowest BCUT2D eigenvalue weighted by atomic mass is 9.76. The Hall–Kier alpha value is -3.17. The standard InChI is InChI=1S/C22H23N5O/c23-15-19-20(28)25-21(24-18-9-5-2-6-10-18)26-22(19)11-13-27(14-12-22)16-17-7-3-1-4-8-17/h1-10,19H,11-14,16H2,(H2,24,25,26,28)/t19-/m1/s1. The molecule has 2 heterocycles. The molecule has 0 bridgehead atoms. The molecule has 6 nitrogen and oxygen atoms in total. The molecule has 0 unspecified atom stereocenters. The van der Waals surface area contributed by atoms with Crippen molar-refractivity contribution >= 4 is 17.6 Å². The Bertz CT molecular complexity index is 896. The van der Waals surface area contributed by atoms with Gasteiger partial charge in [0.25, 0.3) is 0 Å². The van der Waals surface area contributed by atoms with E-state index in [0.29, 0.717) is 18.8 Å². The number of hydrogen-bond donors (Lipinski definition) is 2. The van der Waals surface area contributed by atoms with Crippen LogP contribution in [0.5, 0.6) is 0 Å². The molecule has 1 atom stereocenters. The number of amides is 1. The zero-order valence-corrected chi connectivity index (χ0v) is 15.6. The van der Waals surface area contributed by atoms with Crippen LogP contribution in [-0.2, 0) is 11.3 Å². The zero-order valence-electron chi connectivity index (χ0n) is 15.6. The molecule has 1 fully saturated rings. The van der Waals surface area contributed by atoms with E-state index in [0.717, 1.165) is 25.3 Å². The van der Waals surface area contributed by atoms with Gasteiger partial charge in [-0.3, -0.25) is 15.0 Å². The molecule has 4 rings (SSSR count). The van der Waals surface area contributed by atoms with E-state index in [2.05, 4.69) is 33.7 Å². The number of piperidine rings is 1. The fraction of sp³-hybridized carbons (Fsp3) is 0.318. The first-order valence-electron chi connectivity index (χ1n) is 9.57. The summed E-state index contributed by atoms with van der Waals surface area (Å²) in [6, 6.07) is 22.2. The monoisotopic (exact) mass is 373 g/mol. The first-order chi connectivity index (χ1) is 13.7. The third-order valence-corrected chi connectivity index (χ3v) is 5.51. The molecule has 2 aromatic rings. The normalized spacial score (nSPS) is 21.5. The van der Waals surface area contributed by atoms with Crippen molar-refractivity contribution in [2.45, 2.75) is 24.9 Å². The third-order valence-electron chi connectivity index (χ3n) is 5.51. The SMILES string of the molecule is N#C[C@@H]1C(=O)NC(Nc2ccccc2)=NC12CCN(Cc1ccccc1)CC2. The van der Waals surface area contributed by atoms with Crippen LogP contribution in [0.15, 0.2) is 65.7 Å². The van der Waals surface area contributed by atoms with Crippen LogP contribution in [0, 0.1) is 17.2 Å². The van der Waals surface area contributed by atoms with E-state index in [9.17, 15) is 10.1 Å². The smallest absolute Gasteiger partial charge is 0.246 e. The van der Waals surface area contributed by atoms with Crippen molar-refractivity contribution in [2.24, 2.45) is 10.9 Å². The maximum absolute atomic E-state index is 12.6. The second kappa shape index (κ2) is 7.83. The van der Waals surface area contributed by atoms with Crippen LogP contribution in [0.25, 0.3) is 0 Å². The number of carbonyl (C=O) groups excluding carboxylic acids is 1. The van der Waals surface area contributed by atoms with Crippen LogP contribution in [0.3, 0.4) is 0 Å². The number of carbonyl (C=O) groups is 1. The van der Waals surface area contributed by atoms with Crippen molar-refractivity contribution in [3.63, 3.8) is 0 Å². The Kier molecular flexibility index (Phi) is 5.09. The number of anilines is 1. The van der Waals surface area contributed by atoms with Crippen molar-refractivity contribution in [3.8, 4) is 6.07 Å². The predicted octanol–water partition coefficient (Wildman–Crippen LogP) is 2.76. The van der Waals surface area contributed by atoms with Gasteiger partial charge in [0.2, 0.25) is 11.9 Å². The molecule has 6 heteroatoms. The maximum atomic E-state index is 12.6. The zero-order chi connectivity index (χ0) is 19.4. The van der Waals surface area contributed by atoms with Crippen molar-refractivity contribution in [1.29, 1.82) is 5.26 Å². The lowest BCUT2D eigenvalue weighted by Gasteiger charge is -2.43. The van der Waals surface area contributed by atoms with Gasteiger partial charge in [-0.05, 0) is 30.5 Å². The largest absolute Gasteiger partial charge is 0.326 e. The Morgan fingerprint density at radius 3 is 2.39 bits per heavy atom. The summed E-state index contributed by atoms with van der Waals surface area (Å²) in [5, 5.41) is 15.6. The molecule has 1 spiro atoms. The fourth-order valence-electron chi connectivity index (χ4n) is 3.98. The quantitative estimate of drug-likeness (QED) is 0.867. The maximum Gasteiger partial charge on any atom is 0.246 e. The number of benzene rings is 2. The van der Waals surface area contributed by atoms with Crippen LogP contribution in [-0.4, -0.2) is 35.4 Å². The van der Waals surface area contributed by atoms with Crippen molar-refractivity contribution in [2.75, 3.05) is 18.4 Å². The van der Waals surface area contributed by atoms with Gasteiger partial charge in [-0.1, -0.05) is 48.5 Å². The molecule has 2 aliphatic heterocycles. The summed E-state index contributed by atoms with van der Waals surface area (Å²) in [5.74, 6) is -0.598. The minimum Gasteiger partial charge on any atom is -0.326 e. The number of hydrogen-bond acceptors (Lipinski definition) is 5. The van der Waals surface area contributed by atoms with Gasteiger partial charge in [-0.15, -0.1) is 0 Å². The van der Waals surface area contributed by atoms with Crippen LogP contribution in [0.1, 0.15) is 18.4 Å². The summed E-state index contributed by atoms with van der Waals surface area (Å²) in [6.45, 7) is 2.49. The highest BCUT2D eigenvalue weighted by molar-refractivity contribution is 6.07. The van der Waals surface area contributed by atoms with Gasteiger partial charge >= 0.3 is 0 Å². The summed E-state index contributed by atoms with van der Waals surface area (Å²) < 4.78 is 0. The number of aliphatic imine (C=N–C) groups is 1. The average Bonchev–Trinajstić information content (AvgIpc) is 2.71. The van der Waals surface area contributed by atoms with Gasteiger partial charge in [-0.2, -0.15) is 5.26 Å². The Balaban J connectivity index is 1.51. The minimum atomic E-state index is -0.757. The van der Waals surface area contributed by atoms with E-state index in [-0.39, 0.29) is 5.91 Å². The molecule has 0 aliphatic carbocycles. The molecule has 2 aromatic carbocycles. The number of nitrogens with one attached hydrogen (secondary N) is 2. The molecule has 142 valence electrons. The number of para-hydroxylation sites is 1. The second-order valence-electron chi connectivity index (χ2n) is 7.37. The van der Waals surface area contributed by atoms with Gasteiger partial charge in [0, 0.05) is 25.3 Å². The van der Waals surface area contributed by atoms with E-state index in [1.807, 2.05) is 48.5 Å². The summed E-state index contributed by atoms with van der Waals surface area (Å²) >= 11 is 0. The van der Waals surface area contributed by atoms with E-state index in [1.165, 1.54) is 5.56 Å². The predicted molar refractivity (Wildman–Crippen MR) is 108 cm³/mol. The van der Waals surface area contributed by atoms with Gasteiger partial charge in [0.15, 0.2) is 5.92 Å². The molecule has 1 amide bonds. The average molecular weight is 373 g/mol.